The molecule has 0 aromatic heterocycles. The van der Waals surface area contributed by atoms with Crippen LogP contribution in [0, 0.1) is 0 Å². The van der Waals surface area contributed by atoms with Crippen molar-refractivity contribution < 1.29 is 4.79 Å². The van der Waals surface area contributed by atoms with Gasteiger partial charge in [0.15, 0.2) is 0 Å². The first-order valence-electron chi connectivity index (χ1n) is 7.63. The van der Waals surface area contributed by atoms with Gasteiger partial charge in [0, 0.05) is 39.3 Å². The summed E-state index contributed by atoms with van der Waals surface area (Å²) in [5.74, 6) is 0.162. The molecule has 0 spiro atoms. The molecule has 1 aliphatic heterocycles. The molecule has 5 nitrogen and oxygen atoms in total. The van der Waals surface area contributed by atoms with Crippen LogP contribution in [-0.4, -0.2) is 74.1 Å². The van der Waals surface area contributed by atoms with Crippen molar-refractivity contribution in [2.24, 2.45) is 0 Å². The quantitative estimate of drug-likeness (QED) is 0.658. The molecule has 1 unspecified atom stereocenters. The number of nitrogens with zero attached hydrogens (tertiary/aromatic N) is 2. The van der Waals surface area contributed by atoms with Crippen molar-refractivity contribution in [1.29, 1.82) is 0 Å². The van der Waals surface area contributed by atoms with E-state index >= 15 is 0 Å². The molecule has 112 valence electrons. The molecule has 1 fully saturated rings. The Balaban J connectivity index is 2.22. The predicted molar refractivity (Wildman–Crippen MR) is 79.3 cm³/mol. The summed E-state index contributed by atoms with van der Waals surface area (Å²) in [7, 11) is 0. The Labute approximate surface area is 117 Å². The zero-order valence-corrected chi connectivity index (χ0v) is 12.7. The third kappa shape index (κ3) is 5.89. The first kappa shape index (κ1) is 16.4. The zero-order valence-electron chi connectivity index (χ0n) is 12.7. The summed E-state index contributed by atoms with van der Waals surface area (Å²) in [5.41, 5.74) is 0. The van der Waals surface area contributed by atoms with Gasteiger partial charge in [-0.3, -0.25) is 9.69 Å². The van der Waals surface area contributed by atoms with Gasteiger partial charge >= 0.3 is 0 Å². The molecule has 1 saturated heterocycles. The molecule has 1 atom stereocenters. The molecular formula is C14H30N4O. The number of rotatable bonds is 8. The molecule has 0 saturated carbocycles. The second-order valence-electron chi connectivity index (χ2n) is 5.19. The van der Waals surface area contributed by atoms with Gasteiger partial charge in [0.1, 0.15) is 0 Å². The van der Waals surface area contributed by atoms with Crippen LogP contribution >= 0.6 is 0 Å². The van der Waals surface area contributed by atoms with Crippen molar-refractivity contribution in [3.05, 3.63) is 0 Å². The highest BCUT2D eigenvalue weighted by molar-refractivity contribution is 5.81. The van der Waals surface area contributed by atoms with Crippen LogP contribution in [0.2, 0.25) is 0 Å². The second-order valence-corrected chi connectivity index (χ2v) is 5.19. The maximum Gasteiger partial charge on any atom is 0.237 e. The molecule has 1 aliphatic rings. The van der Waals surface area contributed by atoms with Gasteiger partial charge in [-0.15, -0.1) is 0 Å². The molecule has 1 rings (SSSR count). The minimum absolute atomic E-state index is 0.0108. The number of hydrogen-bond donors (Lipinski definition) is 2. The lowest BCUT2D eigenvalue weighted by molar-refractivity contribution is -0.126. The van der Waals surface area contributed by atoms with Crippen LogP contribution in [0.1, 0.15) is 27.2 Å². The average Bonchev–Trinajstić information content (AvgIpc) is 2.46. The Kier molecular flexibility index (Phi) is 8.02. The van der Waals surface area contributed by atoms with Crippen LogP contribution in [0.25, 0.3) is 0 Å². The molecule has 1 heterocycles. The van der Waals surface area contributed by atoms with Crippen molar-refractivity contribution in [2.45, 2.75) is 33.2 Å². The average molecular weight is 270 g/mol. The number of nitrogens with one attached hydrogen (secondary N) is 2. The fraction of sp³-hybridized carbons (Fsp3) is 0.929. The topological polar surface area (TPSA) is 47.6 Å². The fourth-order valence-corrected chi connectivity index (χ4v) is 2.46. The van der Waals surface area contributed by atoms with Gasteiger partial charge in [0.2, 0.25) is 5.91 Å². The maximum absolute atomic E-state index is 12.1. The van der Waals surface area contributed by atoms with Gasteiger partial charge in [0.05, 0.1) is 6.04 Å². The smallest absolute Gasteiger partial charge is 0.237 e. The van der Waals surface area contributed by atoms with Gasteiger partial charge < -0.3 is 15.5 Å². The van der Waals surface area contributed by atoms with E-state index in [9.17, 15) is 4.79 Å². The molecule has 5 heteroatoms. The molecule has 0 aromatic rings. The molecule has 0 radical (unpaired) electrons. The monoisotopic (exact) mass is 270 g/mol. The Morgan fingerprint density at radius 3 is 2.58 bits per heavy atom. The molecular weight excluding hydrogens is 240 g/mol. The summed E-state index contributed by atoms with van der Waals surface area (Å²) < 4.78 is 0. The van der Waals surface area contributed by atoms with Crippen LogP contribution < -0.4 is 10.6 Å². The van der Waals surface area contributed by atoms with Crippen molar-refractivity contribution in [3.63, 3.8) is 0 Å². The lowest BCUT2D eigenvalue weighted by Gasteiger charge is -2.32. The third-order valence-corrected chi connectivity index (χ3v) is 3.79. The molecule has 0 aliphatic carbocycles. The number of carbonyl (C=O) groups excluding carboxylic acids is 1. The van der Waals surface area contributed by atoms with Gasteiger partial charge in [-0.2, -0.15) is 0 Å². The zero-order chi connectivity index (χ0) is 14.1. The Bertz CT molecular complexity index is 254. The van der Waals surface area contributed by atoms with E-state index in [4.69, 9.17) is 0 Å². The van der Waals surface area contributed by atoms with Crippen LogP contribution in [-0.2, 0) is 4.79 Å². The lowest BCUT2D eigenvalue weighted by Crippen LogP contribution is -2.53. The number of likely N-dealkylation sites (N-methyl/N-ethyl adjacent to an activating group) is 1. The van der Waals surface area contributed by atoms with E-state index in [0.29, 0.717) is 0 Å². The van der Waals surface area contributed by atoms with E-state index in [1.165, 1.54) is 6.42 Å². The first-order chi connectivity index (χ1) is 9.19. The van der Waals surface area contributed by atoms with Crippen LogP contribution in [0.5, 0.6) is 0 Å². The SMILES string of the molecule is CCCN(CC)CCNC(=O)C(C)N1CCNCC1. The standard InChI is InChI=1S/C14H30N4O/c1-4-9-17(5-2)10-8-16-14(19)13(3)18-11-6-15-7-12-18/h13,15H,4-12H2,1-3H3,(H,16,19). The number of amides is 1. The van der Waals surface area contributed by atoms with Crippen LogP contribution in [0.4, 0.5) is 0 Å². The highest BCUT2D eigenvalue weighted by atomic mass is 16.2. The van der Waals surface area contributed by atoms with Crippen LogP contribution in [0.3, 0.4) is 0 Å². The number of hydrogen-bond acceptors (Lipinski definition) is 4. The highest BCUT2D eigenvalue weighted by Gasteiger charge is 2.22. The fourth-order valence-electron chi connectivity index (χ4n) is 2.46. The summed E-state index contributed by atoms with van der Waals surface area (Å²) in [6.07, 6.45) is 1.17. The van der Waals surface area contributed by atoms with Gasteiger partial charge in [-0.1, -0.05) is 13.8 Å². The van der Waals surface area contributed by atoms with Crippen molar-refractivity contribution in [3.8, 4) is 0 Å². The maximum atomic E-state index is 12.1. The van der Waals surface area contributed by atoms with Gasteiger partial charge in [-0.25, -0.2) is 0 Å². The molecule has 19 heavy (non-hydrogen) atoms. The summed E-state index contributed by atoms with van der Waals surface area (Å²) in [4.78, 5) is 16.7. The number of carbonyl (C=O) groups is 1. The Morgan fingerprint density at radius 1 is 1.32 bits per heavy atom. The van der Waals surface area contributed by atoms with Gasteiger partial charge in [-0.05, 0) is 26.4 Å². The second kappa shape index (κ2) is 9.28. The van der Waals surface area contributed by atoms with Crippen LogP contribution in [0.15, 0.2) is 0 Å². The lowest BCUT2D eigenvalue weighted by atomic mass is 10.2. The van der Waals surface area contributed by atoms with Gasteiger partial charge in [0.25, 0.3) is 0 Å². The molecule has 2 N–H and O–H groups in total. The summed E-state index contributed by atoms with van der Waals surface area (Å²) in [6.45, 7) is 14.1. The summed E-state index contributed by atoms with van der Waals surface area (Å²) in [5, 5.41) is 6.37. The number of piperazine rings is 1. The largest absolute Gasteiger partial charge is 0.353 e. The summed E-state index contributed by atoms with van der Waals surface area (Å²) in [6, 6.07) is -0.0108. The molecule has 0 bridgehead atoms. The van der Waals surface area contributed by atoms with E-state index in [-0.39, 0.29) is 11.9 Å². The normalized spacial score (nSPS) is 18.5. The first-order valence-corrected chi connectivity index (χ1v) is 7.63. The van der Waals surface area contributed by atoms with E-state index in [2.05, 4.69) is 34.3 Å². The molecule has 1 amide bonds. The Morgan fingerprint density at radius 2 is 2.00 bits per heavy atom. The molecule has 0 aromatic carbocycles. The Hall–Kier alpha value is -0.650. The van der Waals surface area contributed by atoms with E-state index in [0.717, 1.165) is 52.4 Å². The van der Waals surface area contributed by atoms with Crippen molar-refractivity contribution >= 4 is 5.91 Å². The van der Waals surface area contributed by atoms with E-state index < -0.39 is 0 Å². The van der Waals surface area contributed by atoms with E-state index in [1.807, 2.05) is 6.92 Å². The van der Waals surface area contributed by atoms with Crippen molar-refractivity contribution in [2.75, 3.05) is 52.4 Å². The minimum atomic E-state index is -0.0108. The predicted octanol–water partition coefficient (Wildman–Crippen LogP) is 0.128. The minimum Gasteiger partial charge on any atom is -0.353 e. The van der Waals surface area contributed by atoms with Crippen molar-refractivity contribution in [1.82, 2.24) is 20.4 Å². The highest BCUT2D eigenvalue weighted by Crippen LogP contribution is 2.00. The van der Waals surface area contributed by atoms with E-state index in [1.54, 1.807) is 0 Å². The third-order valence-electron chi connectivity index (χ3n) is 3.79. The summed E-state index contributed by atoms with van der Waals surface area (Å²) >= 11 is 0.